The highest BCUT2D eigenvalue weighted by molar-refractivity contribution is 5.22. The third-order valence-electron chi connectivity index (χ3n) is 2.89. The fourth-order valence-corrected chi connectivity index (χ4v) is 1.75. The van der Waals surface area contributed by atoms with Crippen molar-refractivity contribution in [3.8, 4) is 0 Å². The lowest BCUT2D eigenvalue weighted by molar-refractivity contribution is 0.146. The fraction of sp³-hybridized carbons (Fsp3) is 0.571. The molecule has 0 heterocycles. The molecule has 0 fully saturated rings. The Morgan fingerprint density at radius 2 is 2.00 bits per heavy atom. The lowest BCUT2D eigenvalue weighted by Gasteiger charge is -2.21. The SMILES string of the molecule is COCC(NCc1cccc(CO)c1)C(C)C. The number of hydrogen-bond acceptors (Lipinski definition) is 3. The molecule has 0 spiro atoms. The molecule has 0 bridgehead atoms. The number of nitrogens with one attached hydrogen (secondary N) is 1. The Balaban J connectivity index is 2.52. The summed E-state index contributed by atoms with van der Waals surface area (Å²) < 4.78 is 5.20. The second-order valence-corrected chi connectivity index (χ2v) is 4.66. The summed E-state index contributed by atoms with van der Waals surface area (Å²) in [5.41, 5.74) is 2.15. The molecule has 96 valence electrons. The second-order valence-electron chi connectivity index (χ2n) is 4.66. The molecule has 1 atom stereocenters. The molecular weight excluding hydrogens is 214 g/mol. The van der Waals surface area contributed by atoms with Gasteiger partial charge in [0.1, 0.15) is 0 Å². The summed E-state index contributed by atoms with van der Waals surface area (Å²) in [7, 11) is 1.73. The highest BCUT2D eigenvalue weighted by atomic mass is 16.5. The molecule has 0 aromatic heterocycles. The molecule has 0 saturated carbocycles. The maximum absolute atomic E-state index is 9.07. The van der Waals surface area contributed by atoms with Gasteiger partial charge in [0.15, 0.2) is 0 Å². The Morgan fingerprint density at radius 3 is 2.59 bits per heavy atom. The van der Waals surface area contributed by atoms with E-state index in [1.165, 1.54) is 5.56 Å². The minimum absolute atomic E-state index is 0.0967. The predicted octanol–water partition coefficient (Wildman–Crippen LogP) is 1.94. The van der Waals surface area contributed by atoms with Gasteiger partial charge in [-0.05, 0) is 17.0 Å². The Morgan fingerprint density at radius 1 is 1.29 bits per heavy atom. The Labute approximate surface area is 104 Å². The zero-order valence-corrected chi connectivity index (χ0v) is 10.9. The number of aliphatic hydroxyl groups is 1. The molecule has 3 nitrogen and oxygen atoms in total. The van der Waals surface area contributed by atoms with Gasteiger partial charge in [-0.25, -0.2) is 0 Å². The summed E-state index contributed by atoms with van der Waals surface area (Å²) in [5.74, 6) is 0.538. The highest BCUT2D eigenvalue weighted by Gasteiger charge is 2.11. The fourth-order valence-electron chi connectivity index (χ4n) is 1.75. The van der Waals surface area contributed by atoms with Gasteiger partial charge in [-0.3, -0.25) is 0 Å². The van der Waals surface area contributed by atoms with Gasteiger partial charge in [-0.1, -0.05) is 38.1 Å². The Hall–Kier alpha value is -0.900. The van der Waals surface area contributed by atoms with Crippen molar-refractivity contribution >= 4 is 0 Å². The first-order valence-corrected chi connectivity index (χ1v) is 6.08. The zero-order valence-electron chi connectivity index (χ0n) is 10.9. The molecule has 2 N–H and O–H groups in total. The molecule has 3 heteroatoms. The quantitative estimate of drug-likeness (QED) is 0.761. The van der Waals surface area contributed by atoms with Crippen molar-refractivity contribution in [1.29, 1.82) is 0 Å². The first kappa shape index (κ1) is 14.2. The van der Waals surface area contributed by atoms with E-state index in [-0.39, 0.29) is 6.61 Å². The third-order valence-corrected chi connectivity index (χ3v) is 2.89. The number of benzene rings is 1. The van der Waals surface area contributed by atoms with Crippen molar-refractivity contribution in [2.75, 3.05) is 13.7 Å². The lowest BCUT2D eigenvalue weighted by atomic mass is 10.0. The van der Waals surface area contributed by atoms with E-state index in [2.05, 4.69) is 25.2 Å². The average molecular weight is 237 g/mol. The third kappa shape index (κ3) is 4.86. The van der Waals surface area contributed by atoms with E-state index in [1.54, 1.807) is 7.11 Å². The van der Waals surface area contributed by atoms with Gasteiger partial charge in [0.2, 0.25) is 0 Å². The smallest absolute Gasteiger partial charge is 0.0681 e. The molecule has 0 saturated heterocycles. The topological polar surface area (TPSA) is 41.5 Å². The van der Waals surface area contributed by atoms with Crippen LogP contribution in [0.3, 0.4) is 0 Å². The lowest BCUT2D eigenvalue weighted by Crippen LogP contribution is -2.37. The number of rotatable bonds is 7. The largest absolute Gasteiger partial charge is 0.392 e. The van der Waals surface area contributed by atoms with Gasteiger partial charge < -0.3 is 15.2 Å². The highest BCUT2D eigenvalue weighted by Crippen LogP contribution is 2.07. The van der Waals surface area contributed by atoms with E-state index >= 15 is 0 Å². The van der Waals surface area contributed by atoms with E-state index in [0.717, 1.165) is 18.7 Å². The summed E-state index contributed by atoms with van der Waals surface area (Å²) in [6.45, 7) is 5.98. The van der Waals surface area contributed by atoms with E-state index in [0.29, 0.717) is 12.0 Å². The van der Waals surface area contributed by atoms with Crippen molar-refractivity contribution in [2.24, 2.45) is 5.92 Å². The van der Waals surface area contributed by atoms with E-state index < -0.39 is 0 Å². The summed E-state index contributed by atoms with van der Waals surface area (Å²) in [6.07, 6.45) is 0. The van der Waals surface area contributed by atoms with Crippen LogP contribution in [-0.4, -0.2) is 24.9 Å². The van der Waals surface area contributed by atoms with Crippen molar-refractivity contribution in [3.63, 3.8) is 0 Å². The summed E-state index contributed by atoms with van der Waals surface area (Å²) in [4.78, 5) is 0. The van der Waals surface area contributed by atoms with Crippen LogP contribution in [0.25, 0.3) is 0 Å². The molecule has 0 aliphatic heterocycles. The van der Waals surface area contributed by atoms with Crippen LogP contribution < -0.4 is 5.32 Å². The Kier molecular flexibility index (Phi) is 6.19. The molecule has 17 heavy (non-hydrogen) atoms. The first-order chi connectivity index (χ1) is 8.17. The van der Waals surface area contributed by atoms with Crippen LogP contribution >= 0.6 is 0 Å². The molecular formula is C14H23NO2. The minimum atomic E-state index is 0.0967. The molecule has 1 aromatic carbocycles. The second kappa shape index (κ2) is 7.43. The van der Waals surface area contributed by atoms with Gasteiger partial charge in [0.25, 0.3) is 0 Å². The van der Waals surface area contributed by atoms with Gasteiger partial charge in [-0.15, -0.1) is 0 Å². The monoisotopic (exact) mass is 237 g/mol. The van der Waals surface area contributed by atoms with E-state index in [4.69, 9.17) is 9.84 Å². The number of aliphatic hydroxyl groups excluding tert-OH is 1. The van der Waals surface area contributed by atoms with Crippen LogP contribution in [0.2, 0.25) is 0 Å². The molecule has 1 rings (SSSR count). The maximum atomic E-state index is 9.07. The molecule has 0 radical (unpaired) electrons. The average Bonchev–Trinajstić information content (AvgIpc) is 2.34. The molecule has 1 unspecified atom stereocenters. The summed E-state index contributed by atoms with van der Waals surface area (Å²) in [5, 5.41) is 12.6. The minimum Gasteiger partial charge on any atom is -0.392 e. The first-order valence-electron chi connectivity index (χ1n) is 6.08. The van der Waals surface area contributed by atoms with Crippen LogP contribution in [0.15, 0.2) is 24.3 Å². The van der Waals surface area contributed by atoms with Gasteiger partial charge >= 0.3 is 0 Å². The zero-order chi connectivity index (χ0) is 12.7. The van der Waals surface area contributed by atoms with Gasteiger partial charge in [-0.2, -0.15) is 0 Å². The van der Waals surface area contributed by atoms with Crippen LogP contribution in [-0.2, 0) is 17.9 Å². The molecule has 0 aliphatic rings. The van der Waals surface area contributed by atoms with E-state index in [9.17, 15) is 0 Å². The summed E-state index contributed by atoms with van der Waals surface area (Å²) >= 11 is 0. The molecule has 0 amide bonds. The summed E-state index contributed by atoms with van der Waals surface area (Å²) in [6, 6.07) is 8.35. The van der Waals surface area contributed by atoms with E-state index in [1.807, 2.05) is 18.2 Å². The van der Waals surface area contributed by atoms with Crippen molar-refractivity contribution in [2.45, 2.75) is 33.0 Å². The van der Waals surface area contributed by atoms with Gasteiger partial charge in [0, 0.05) is 19.7 Å². The maximum Gasteiger partial charge on any atom is 0.0681 e. The normalized spacial score (nSPS) is 13.0. The molecule has 1 aromatic rings. The standard InChI is InChI=1S/C14H23NO2/c1-11(2)14(10-17-3)15-8-12-5-4-6-13(7-12)9-16/h4-7,11,14-16H,8-10H2,1-3H3. The number of hydrogen-bond donors (Lipinski definition) is 2. The van der Waals surface area contributed by atoms with Crippen molar-refractivity contribution < 1.29 is 9.84 Å². The van der Waals surface area contributed by atoms with Crippen LogP contribution in [0.4, 0.5) is 0 Å². The van der Waals surface area contributed by atoms with Crippen molar-refractivity contribution in [1.82, 2.24) is 5.32 Å². The van der Waals surface area contributed by atoms with Crippen molar-refractivity contribution in [3.05, 3.63) is 35.4 Å². The van der Waals surface area contributed by atoms with Gasteiger partial charge in [0.05, 0.1) is 13.2 Å². The molecule has 0 aliphatic carbocycles. The van der Waals surface area contributed by atoms with Crippen LogP contribution in [0.1, 0.15) is 25.0 Å². The predicted molar refractivity (Wildman–Crippen MR) is 69.7 cm³/mol. The number of methoxy groups -OCH3 is 1. The number of ether oxygens (including phenoxy) is 1. The van der Waals surface area contributed by atoms with Crippen LogP contribution in [0.5, 0.6) is 0 Å². The van der Waals surface area contributed by atoms with Crippen LogP contribution in [0, 0.1) is 5.92 Å². The Bertz CT molecular complexity index is 326.